The van der Waals surface area contributed by atoms with E-state index in [-0.39, 0.29) is 5.82 Å². The lowest BCUT2D eigenvalue weighted by Crippen LogP contribution is -2.28. The zero-order chi connectivity index (χ0) is 21.5. The summed E-state index contributed by atoms with van der Waals surface area (Å²) < 4.78 is 6.71. The van der Waals surface area contributed by atoms with Gasteiger partial charge < -0.3 is 10.1 Å². The Kier molecular flexibility index (Phi) is 6.13. The number of rotatable bonds is 7. The second-order valence-electron chi connectivity index (χ2n) is 6.71. The molecule has 7 nitrogen and oxygen atoms in total. The van der Waals surface area contributed by atoms with Crippen molar-refractivity contribution >= 4 is 11.9 Å². The number of amides is 1. The van der Waals surface area contributed by atoms with Gasteiger partial charge in [0.2, 0.25) is 0 Å². The molecule has 0 saturated carbocycles. The van der Waals surface area contributed by atoms with Gasteiger partial charge in [0.15, 0.2) is 12.4 Å². The first kappa shape index (κ1) is 20.0. The quantitative estimate of drug-likeness (QED) is 0.470. The smallest absolute Gasteiger partial charge is 0.378 e. The molecule has 4 aromatic rings. The van der Waals surface area contributed by atoms with E-state index in [1.165, 1.54) is 0 Å². The number of hydrogen-bond donors (Lipinski definition) is 1. The van der Waals surface area contributed by atoms with Crippen LogP contribution in [0.4, 0.5) is 0 Å². The maximum Gasteiger partial charge on any atom is 0.378 e. The maximum atomic E-state index is 12.5. The average molecular weight is 412 g/mol. The first-order chi connectivity index (χ1) is 15.2. The molecule has 31 heavy (non-hydrogen) atoms. The second-order valence-corrected chi connectivity index (χ2v) is 6.71. The molecule has 7 heteroatoms. The van der Waals surface area contributed by atoms with E-state index in [2.05, 4.69) is 15.4 Å². The van der Waals surface area contributed by atoms with E-state index in [1.54, 1.807) is 4.68 Å². The van der Waals surface area contributed by atoms with E-state index >= 15 is 0 Å². The molecule has 0 radical (unpaired) electrons. The Morgan fingerprint density at radius 2 is 1.45 bits per heavy atom. The van der Waals surface area contributed by atoms with Gasteiger partial charge in [-0.05, 0) is 17.7 Å². The summed E-state index contributed by atoms with van der Waals surface area (Å²) >= 11 is 0. The summed E-state index contributed by atoms with van der Waals surface area (Å²) in [6.07, 6.45) is 0. The number of nitrogens with one attached hydrogen (secondary N) is 1. The van der Waals surface area contributed by atoms with Crippen molar-refractivity contribution in [3.63, 3.8) is 0 Å². The highest BCUT2D eigenvalue weighted by Gasteiger charge is 2.20. The van der Waals surface area contributed by atoms with Gasteiger partial charge in [0.05, 0.1) is 5.69 Å². The van der Waals surface area contributed by atoms with Crippen LogP contribution in [0.2, 0.25) is 0 Å². The third-order valence-electron chi connectivity index (χ3n) is 4.49. The van der Waals surface area contributed by atoms with E-state index in [0.29, 0.717) is 12.4 Å². The van der Waals surface area contributed by atoms with Crippen LogP contribution in [0.15, 0.2) is 91.0 Å². The largest absolute Gasteiger partial charge is 0.450 e. The predicted octanol–water partition coefficient (Wildman–Crippen LogP) is 3.41. The number of hydrogen-bond acceptors (Lipinski definition) is 5. The SMILES string of the molecule is O=C(COC(=O)c1nc(-c2ccccc2)n(-c2ccccc2)n1)NCc1ccccc1. The zero-order valence-corrected chi connectivity index (χ0v) is 16.6. The molecule has 0 atom stereocenters. The Morgan fingerprint density at radius 3 is 2.13 bits per heavy atom. The van der Waals surface area contributed by atoms with Gasteiger partial charge in [-0.15, -0.1) is 5.10 Å². The van der Waals surface area contributed by atoms with Crippen LogP contribution in [0.1, 0.15) is 16.2 Å². The Labute approximate surface area is 179 Å². The fourth-order valence-electron chi connectivity index (χ4n) is 2.97. The standard InChI is InChI=1S/C24H20N4O3/c29-21(25-16-18-10-4-1-5-11-18)17-31-24(30)22-26-23(19-12-6-2-7-13-19)28(27-22)20-14-8-3-9-15-20/h1-15H,16-17H2,(H,25,29). The lowest BCUT2D eigenvalue weighted by atomic mass is 10.2. The van der Waals surface area contributed by atoms with Gasteiger partial charge in [-0.3, -0.25) is 4.79 Å². The summed E-state index contributed by atoms with van der Waals surface area (Å²) in [5.41, 5.74) is 2.52. The third-order valence-corrected chi connectivity index (χ3v) is 4.49. The summed E-state index contributed by atoms with van der Waals surface area (Å²) in [4.78, 5) is 28.9. The summed E-state index contributed by atoms with van der Waals surface area (Å²) in [5, 5.41) is 7.04. The number of aromatic nitrogens is 3. The van der Waals surface area contributed by atoms with Crippen molar-refractivity contribution in [3.8, 4) is 17.1 Å². The Bertz CT molecular complexity index is 1100. The molecule has 0 bridgehead atoms. The minimum atomic E-state index is -0.762. The van der Waals surface area contributed by atoms with E-state index in [4.69, 9.17) is 4.74 Å². The van der Waals surface area contributed by atoms with Crippen molar-refractivity contribution < 1.29 is 14.3 Å². The molecule has 0 aliphatic heterocycles. The lowest BCUT2D eigenvalue weighted by Gasteiger charge is -2.05. The van der Waals surface area contributed by atoms with Gasteiger partial charge >= 0.3 is 5.97 Å². The molecule has 1 amide bonds. The van der Waals surface area contributed by atoms with Crippen LogP contribution in [0.5, 0.6) is 0 Å². The van der Waals surface area contributed by atoms with Crippen LogP contribution in [-0.2, 0) is 16.1 Å². The van der Waals surface area contributed by atoms with Crippen LogP contribution in [-0.4, -0.2) is 33.2 Å². The monoisotopic (exact) mass is 412 g/mol. The third kappa shape index (κ3) is 5.02. The number of carbonyl (C=O) groups is 2. The molecule has 0 aliphatic rings. The number of nitrogens with zero attached hydrogens (tertiary/aromatic N) is 3. The molecule has 1 heterocycles. The topological polar surface area (TPSA) is 86.1 Å². The molecule has 1 N–H and O–H groups in total. The minimum absolute atomic E-state index is 0.112. The minimum Gasteiger partial charge on any atom is -0.450 e. The highest BCUT2D eigenvalue weighted by molar-refractivity contribution is 5.88. The molecular formula is C24H20N4O3. The van der Waals surface area contributed by atoms with Gasteiger partial charge in [-0.1, -0.05) is 78.9 Å². The first-order valence-electron chi connectivity index (χ1n) is 9.76. The molecule has 4 rings (SSSR count). The molecular weight excluding hydrogens is 392 g/mol. The van der Waals surface area contributed by atoms with Gasteiger partial charge in [-0.25, -0.2) is 14.5 Å². The average Bonchev–Trinajstić information content (AvgIpc) is 3.29. The lowest BCUT2D eigenvalue weighted by molar-refractivity contribution is -0.124. The van der Waals surface area contributed by atoms with Crippen LogP contribution >= 0.6 is 0 Å². The summed E-state index contributed by atoms with van der Waals surface area (Å²) in [6, 6.07) is 28.3. The second kappa shape index (κ2) is 9.49. The number of carbonyl (C=O) groups excluding carboxylic acids is 2. The van der Waals surface area contributed by atoms with Crippen molar-refractivity contribution in [1.82, 2.24) is 20.1 Å². The van der Waals surface area contributed by atoms with Crippen LogP contribution < -0.4 is 5.32 Å². The van der Waals surface area contributed by atoms with Gasteiger partial charge in [0.1, 0.15) is 0 Å². The van der Waals surface area contributed by atoms with E-state index in [9.17, 15) is 9.59 Å². The summed E-state index contributed by atoms with van der Waals surface area (Å²) in [6.45, 7) is -0.0531. The molecule has 1 aromatic heterocycles. The molecule has 0 spiro atoms. The Hall–Kier alpha value is -4.26. The maximum absolute atomic E-state index is 12.5. The Morgan fingerprint density at radius 1 is 0.839 bits per heavy atom. The molecule has 0 saturated heterocycles. The molecule has 0 fully saturated rings. The van der Waals surface area contributed by atoms with Crippen LogP contribution in [0.3, 0.4) is 0 Å². The summed E-state index contributed by atoms with van der Waals surface area (Å²) in [7, 11) is 0. The molecule has 154 valence electrons. The highest BCUT2D eigenvalue weighted by Crippen LogP contribution is 2.21. The van der Waals surface area contributed by atoms with Crippen molar-refractivity contribution in [3.05, 3.63) is 102 Å². The number of ether oxygens (including phenoxy) is 1. The Balaban J connectivity index is 1.47. The molecule has 0 aliphatic carbocycles. The fraction of sp³-hybridized carbons (Fsp3) is 0.0833. The number of benzene rings is 3. The molecule has 3 aromatic carbocycles. The van der Waals surface area contributed by atoms with Gasteiger partial charge in [0.25, 0.3) is 11.7 Å². The van der Waals surface area contributed by atoms with Crippen molar-refractivity contribution in [1.29, 1.82) is 0 Å². The van der Waals surface area contributed by atoms with Crippen molar-refractivity contribution in [2.24, 2.45) is 0 Å². The van der Waals surface area contributed by atoms with E-state index in [1.807, 2.05) is 91.0 Å². The van der Waals surface area contributed by atoms with Gasteiger partial charge in [0, 0.05) is 12.1 Å². The fourth-order valence-corrected chi connectivity index (χ4v) is 2.97. The van der Waals surface area contributed by atoms with E-state index in [0.717, 1.165) is 16.8 Å². The summed E-state index contributed by atoms with van der Waals surface area (Å²) in [5.74, 6) is -0.768. The predicted molar refractivity (Wildman–Crippen MR) is 115 cm³/mol. The zero-order valence-electron chi connectivity index (χ0n) is 16.6. The van der Waals surface area contributed by atoms with Crippen molar-refractivity contribution in [2.45, 2.75) is 6.54 Å². The highest BCUT2D eigenvalue weighted by atomic mass is 16.5. The number of esters is 1. The molecule has 0 unspecified atom stereocenters. The number of para-hydroxylation sites is 1. The first-order valence-corrected chi connectivity index (χ1v) is 9.76. The van der Waals surface area contributed by atoms with E-state index < -0.39 is 18.5 Å². The van der Waals surface area contributed by atoms with Crippen LogP contribution in [0, 0.1) is 0 Å². The van der Waals surface area contributed by atoms with Gasteiger partial charge in [-0.2, -0.15) is 0 Å². The van der Waals surface area contributed by atoms with Crippen LogP contribution in [0.25, 0.3) is 17.1 Å². The normalized spacial score (nSPS) is 10.5. The van der Waals surface area contributed by atoms with Crippen molar-refractivity contribution in [2.75, 3.05) is 6.61 Å².